The third kappa shape index (κ3) is 7.91. The van der Waals surface area contributed by atoms with Gasteiger partial charge in [0, 0.05) is 63.3 Å². The summed E-state index contributed by atoms with van der Waals surface area (Å²) in [6, 6.07) is 13.8. The SMILES string of the molecule is O=C1COc2cc(OCC3CC3)cc(c2)C(=O)N[C@H]2CN(C(=O)CN3CCN(c4ncccn4)CC3)C[C@@H]2Oc2ccc(cc2)CN1. The Labute approximate surface area is 273 Å². The molecule has 1 saturated carbocycles. The minimum absolute atomic E-state index is 0.0147. The molecule has 3 aromatic rings. The monoisotopic (exact) mass is 641 g/mol. The van der Waals surface area contributed by atoms with E-state index in [1.807, 2.05) is 24.3 Å². The molecule has 2 aromatic carbocycles. The Morgan fingerprint density at radius 3 is 2.51 bits per heavy atom. The predicted molar refractivity (Wildman–Crippen MR) is 171 cm³/mol. The smallest absolute Gasteiger partial charge is 0.258 e. The average Bonchev–Trinajstić information content (AvgIpc) is 3.85. The number of nitrogens with one attached hydrogen (secondary N) is 2. The molecule has 2 saturated heterocycles. The van der Waals surface area contributed by atoms with Crippen LogP contribution in [0.2, 0.25) is 0 Å². The van der Waals surface area contributed by atoms with Crippen LogP contribution in [0.15, 0.2) is 60.9 Å². The second-order valence-electron chi connectivity index (χ2n) is 12.5. The molecule has 0 spiro atoms. The summed E-state index contributed by atoms with van der Waals surface area (Å²) in [6.07, 6.45) is 5.25. The number of piperazine rings is 1. The minimum Gasteiger partial charge on any atom is -0.493 e. The number of anilines is 1. The van der Waals surface area contributed by atoms with Crippen LogP contribution in [0.25, 0.3) is 0 Å². The number of amides is 3. The Balaban J connectivity index is 1.06. The summed E-state index contributed by atoms with van der Waals surface area (Å²) < 4.78 is 18.2. The van der Waals surface area contributed by atoms with Gasteiger partial charge in [0.15, 0.2) is 6.61 Å². The van der Waals surface area contributed by atoms with Crippen molar-refractivity contribution in [2.75, 3.05) is 63.9 Å². The van der Waals surface area contributed by atoms with Crippen molar-refractivity contribution in [3.63, 3.8) is 0 Å². The van der Waals surface area contributed by atoms with Crippen molar-refractivity contribution >= 4 is 23.7 Å². The van der Waals surface area contributed by atoms with E-state index in [1.165, 1.54) is 0 Å². The molecule has 3 fully saturated rings. The number of fused-ring (bicyclic) bond motifs is 7. The maximum absolute atomic E-state index is 13.7. The predicted octanol–water partition coefficient (Wildman–Crippen LogP) is 1.48. The van der Waals surface area contributed by atoms with Gasteiger partial charge in [-0.05, 0) is 54.7 Å². The molecule has 1 aromatic heterocycles. The zero-order valence-electron chi connectivity index (χ0n) is 26.2. The fraction of sp³-hybridized carbons (Fsp3) is 0.441. The number of hydrogen-bond donors (Lipinski definition) is 2. The van der Waals surface area contributed by atoms with E-state index in [1.54, 1.807) is 41.6 Å². The van der Waals surface area contributed by atoms with Crippen LogP contribution in [0.3, 0.4) is 0 Å². The largest absolute Gasteiger partial charge is 0.493 e. The number of likely N-dealkylation sites (tertiary alicyclic amines) is 1. The number of rotatable bonds is 6. The lowest BCUT2D eigenvalue weighted by Crippen LogP contribution is -2.50. The first-order valence-corrected chi connectivity index (χ1v) is 16.2. The van der Waals surface area contributed by atoms with Crippen molar-refractivity contribution in [2.45, 2.75) is 31.5 Å². The summed E-state index contributed by atoms with van der Waals surface area (Å²) in [7, 11) is 0. The van der Waals surface area contributed by atoms with E-state index in [0.29, 0.717) is 74.0 Å². The number of nitrogens with zero attached hydrogens (tertiary/aromatic N) is 5. The molecule has 0 radical (unpaired) electrons. The van der Waals surface area contributed by atoms with Gasteiger partial charge in [0.25, 0.3) is 11.8 Å². The third-order valence-electron chi connectivity index (χ3n) is 8.90. The normalized spacial score (nSPS) is 22.0. The van der Waals surface area contributed by atoms with E-state index in [-0.39, 0.29) is 30.9 Å². The van der Waals surface area contributed by atoms with E-state index in [0.717, 1.165) is 31.5 Å². The van der Waals surface area contributed by atoms with Crippen LogP contribution in [0.5, 0.6) is 17.2 Å². The van der Waals surface area contributed by atoms with Gasteiger partial charge in [-0.15, -0.1) is 0 Å². The topological polar surface area (TPSA) is 138 Å². The highest BCUT2D eigenvalue weighted by molar-refractivity contribution is 5.95. The lowest BCUT2D eigenvalue weighted by molar-refractivity contribution is -0.131. The summed E-state index contributed by atoms with van der Waals surface area (Å²) in [4.78, 5) is 54.5. The van der Waals surface area contributed by atoms with Gasteiger partial charge < -0.3 is 34.6 Å². The molecule has 5 heterocycles. The average molecular weight is 642 g/mol. The van der Waals surface area contributed by atoms with Crippen molar-refractivity contribution in [2.24, 2.45) is 5.92 Å². The van der Waals surface area contributed by atoms with Crippen LogP contribution >= 0.6 is 0 Å². The van der Waals surface area contributed by atoms with Crippen LogP contribution < -0.4 is 29.7 Å². The van der Waals surface area contributed by atoms with Crippen molar-refractivity contribution in [1.29, 1.82) is 0 Å². The first-order chi connectivity index (χ1) is 22.9. The Bertz CT molecular complexity index is 1580. The molecule has 8 rings (SSSR count). The van der Waals surface area contributed by atoms with Crippen LogP contribution in [0, 0.1) is 5.92 Å². The summed E-state index contributed by atoms with van der Waals surface area (Å²) in [5, 5.41) is 5.98. The molecule has 5 aliphatic rings. The second-order valence-corrected chi connectivity index (χ2v) is 12.5. The van der Waals surface area contributed by atoms with Crippen molar-refractivity contribution < 1.29 is 28.6 Å². The highest BCUT2D eigenvalue weighted by atomic mass is 16.5. The zero-order chi connectivity index (χ0) is 32.2. The van der Waals surface area contributed by atoms with Crippen LogP contribution in [0.1, 0.15) is 28.8 Å². The molecule has 4 aliphatic heterocycles. The number of carbonyl (C=O) groups excluding carboxylic acids is 3. The van der Waals surface area contributed by atoms with Gasteiger partial charge in [0.1, 0.15) is 23.4 Å². The summed E-state index contributed by atoms with van der Waals surface area (Å²) >= 11 is 0. The van der Waals surface area contributed by atoms with Crippen molar-refractivity contribution in [1.82, 2.24) is 30.4 Å². The van der Waals surface area contributed by atoms with Gasteiger partial charge in [0.2, 0.25) is 11.9 Å². The van der Waals surface area contributed by atoms with Crippen LogP contribution in [-0.4, -0.2) is 109 Å². The summed E-state index contributed by atoms with van der Waals surface area (Å²) in [5.41, 5.74) is 1.24. The third-order valence-corrected chi connectivity index (χ3v) is 8.90. The summed E-state index contributed by atoms with van der Waals surface area (Å²) in [6.45, 7) is 4.51. The molecular formula is C34H39N7O6. The Morgan fingerprint density at radius 2 is 1.74 bits per heavy atom. The Morgan fingerprint density at radius 1 is 0.957 bits per heavy atom. The molecule has 13 nitrogen and oxygen atoms in total. The fourth-order valence-electron chi connectivity index (χ4n) is 5.97. The van der Waals surface area contributed by atoms with Gasteiger partial charge >= 0.3 is 0 Å². The number of carbonyl (C=O) groups is 3. The highest BCUT2D eigenvalue weighted by Crippen LogP contribution is 2.31. The van der Waals surface area contributed by atoms with Crippen LogP contribution in [-0.2, 0) is 16.1 Å². The molecule has 47 heavy (non-hydrogen) atoms. The van der Waals surface area contributed by atoms with E-state index >= 15 is 0 Å². The highest BCUT2D eigenvalue weighted by Gasteiger charge is 2.39. The molecule has 0 unspecified atom stereocenters. The Kier molecular flexibility index (Phi) is 9.05. The number of ether oxygens (including phenoxy) is 3. The maximum Gasteiger partial charge on any atom is 0.258 e. The molecule has 13 heteroatoms. The second kappa shape index (κ2) is 13.8. The molecule has 4 bridgehead atoms. The molecular weight excluding hydrogens is 602 g/mol. The fourth-order valence-corrected chi connectivity index (χ4v) is 5.97. The van der Waals surface area contributed by atoms with Crippen molar-refractivity contribution in [3.8, 4) is 17.2 Å². The quantitative estimate of drug-likeness (QED) is 0.407. The first-order valence-electron chi connectivity index (χ1n) is 16.2. The van der Waals surface area contributed by atoms with Gasteiger partial charge in [-0.25, -0.2) is 9.97 Å². The number of aromatic nitrogens is 2. The first kappa shape index (κ1) is 30.7. The Hall–Kier alpha value is -4.91. The molecule has 1 aliphatic carbocycles. The van der Waals surface area contributed by atoms with Gasteiger partial charge in [-0.1, -0.05) is 12.1 Å². The van der Waals surface area contributed by atoms with Crippen molar-refractivity contribution in [3.05, 3.63) is 72.1 Å². The van der Waals surface area contributed by atoms with Gasteiger partial charge in [-0.2, -0.15) is 0 Å². The van der Waals surface area contributed by atoms with E-state index in [9.17, 15) is 14.4 Å². The zero-order valence-corrected chi connectivity index (χ0v) is 26.2. The number of benzene rings is 2. The maximum atomic E-state index is 13.7. The molecule has 2 atom stereocenters. The van der Waals surface area contributed by atoms with E-state index in [4.69, 9.17) is 14.2 Å². The molecule has 246 valence electrons. The van der Waals surface area contributed by atoms with Gasteiger partial charge in [-0.3, -0.25) is 19.3 Å². The molecule has 3 amide bonds. The van der Waals surface area contributed by atoms with E-state index < -0.39 is 12.1 Å². The lowest BCUT2D eigenvalue weighted by Gasteiger charge is -2.34. The molecule has 2 N–H and O–H groups in total. The van der Waals surface area contributed by atoms with Crippen LogP contribution in [0.4, 0.5) is 5.95 Å². The van der Waals surface area contributed by atoms with Gasteiger partial charge in [0.05, 0.1) is 25.7 Å². The van der Waals surface area contributed by atoms with E-state index in [2.05, 4.69) is 30.4 Å². The number of hydrogen-bond acceptors (Lipinski definition) is 10. The standard InChI is InChI=1S/C34H39N7O6/c42-31-22-46-28-15-25(14-27(16-28)45-21-24-2-3-24)33(44)38-29-18-41(19-30(29)47-26-6-4-23(5-7-26)17-37-31)32(43)20-39-10-12-40(13-11-39)34-35-8-1-9-36-34/h1,4-9,14-16,24,29-30H,2-3,10-13,17-22H2,(H,37,42)(H,38,44)/t29-,30-/m0/s1. The lowest BCUT2D eigenvalue weighted by atomic mass is 10.1. The minimum atomic E-state index is -0.471. The summed E-state index contributed by atoms with van der Waals surface area (Å²) in [5.74, 6) is 2.06.